The summed E-state index contributed by atoms with van der Waals surface area (Å²) in [5.41, 5.74) is 1.06. The Hall–Kier alpha value is -2.16. The van der Waals surface area contributed by atoms with Crippen molar-refractivity contribution >= 4 is 11.3 Å². The van der Waals surface area contributed by atoms with Gasteiger partial charge in [0.15, 0.2) is 10.8 Å². The van der Waals surface area contributed by atoms with Gasteiger partial charge in [-0.05, 0) is 12.1 Å². The molecule has 24 heavy (non-hydrogen) atoms. The standard InChI is InChI=1S/C16H18N6OS/c1-3-17-15(18-4-1)16-20-13(12-24-16)9-21-7-8-23-14(10-21)11-22-6-2-5-19-22/h1-6,12,14H,7-11H2/t14-/m1/s1. The number of nitrogens with zero attached hydrogens (tertiary/aromatic N) is 6. The van der Waals surface area contributed by atoms with E-state index in [9.17, 15) is 0 Å². The van der Waals surface area contributed by atoms with Crippen LogP contribution in [0.2, 0.25) is 0 Å². The van der Waals surface area contributed by atoms with Crippen LogP contribution < -0.4 is 0 Å². The fourth-order valence-electron chi connectivity index (χ4n) is 2.77. The van der Waals surface area contributed by atoms with E-state index < -0.39 is 0 Å². The molecule has 4 rings (SSSR count). The molecule has 3 aromatic heterocycles. The highest BCUT2D eigenvalue weighted by Crippen LogP contribution is 2.21. The summed E-state index contributed by atoms with van der Waals surface area (Å²) in [6, 6.07) is 3.74. The van der Waals surface area contributed by atoms with Gasteiger partial charge in [0.25, 0.3) is 0 Å². The van der Waals surface area contributed by atoms with Gasteiger partial charge in [-0.3, -0.25) is 9.58 Å². The summed E-state index contributed by atoms with van der Waals surface area (Å²) in [6.07, 6.45) is 7.41. The molecule has 0 aliphatic carbocycles. The van der Waals surface area contributed by atoms with Crippen LogP contribution in [0, 0.1) is 0 Å². The van der Waals surface area contributed by atoms with Crippen molar-refractivity contribution in [3.05, 3.63) is 48.0 Å². The number of hydrogen-bond acceptors (Lipinski definition) is 7. The normalized spacial score (nSPS) is 18.8. The van der Waals surface area contributed by atoms with Crippen LogP contribution in [0.4, 0.5) is 0 Å². The first-order chi connectivity index (χ1) is 11.9. The van der Waals surface area contributed by atoms with E-state index >= 15 is 0 Å². The van der Waals surface area contributed by atoms with Crippen molar-refractivity contribution in [1.82, 2.24) is 29.6 Å². The summed E-state index contributed by atoms with van der Waals surface area (Å²) < 4.78 is 7.77. The molecule has 0 unspecified atom stereocenters. The van der Waals surface area contributed by atoms with E-state index in [1.165, 1.54) is 0 Å². The van der Waals surface area contributed by atoms with Crippen molar-refractivity contribution in [3.8, 4) is 10.8 Å². The summed E-state index contributed by atoms with van der Waals surface area (Å²) in [5, 5.41) is 7.20. The van der Waals surface area contributed by atoms with Crippen LogP contribution >= 0.6 is 11.3 Å². The lowest BCUT2D eigenvalue weighted by Crippen LogP contribution is -2.43. The first-order valence-corrected chi connectivity index (χ1v) is 8.78. The quantitative estimate of drug-likeness (QED) is 0.703. The smallest absolute Gasteiger partial charge is 0.188 e. The average Bonchev–Trinajstić information content (AvgIpc) is 3.28. The fourth-order valence-corrected chi connectivity index (χ4v) is 3.53. The van der Waals surface area contributed by atoms with Gasteiger partial charge in [0.1, 0.15) is 0 Å². The number of hydrogen-bond donors (Lipinski definition) is 0. The Morgan fingerprint density at radius 3 is 2.96 bits per heavy atom. The summed E-state index contributed by atoms with van der Waals surface area (Å²) in [7, 11) is 0. The van der Waals surface area contributed by atoms with Crippen molar-refractivity contribution in [3.63, 3.8) is 0 Å². The van der Waals surface area contributed by atoms with Crippen molar-refractivity contribution in [2.24, 2.45) is 0 Å². The molecular formula is C16H18N6OS. The van der Waals surface area contributed by atoms with Crippen molar-refractivity contribution in [1.29, 1.82) is 0 Å². The van der Waals surface area contributed by atoms with Crippen molar-refractivity contribution in [2.45, 2.75) is 19.2 Å². The number of thiazole rings is 1. The van der Waals surface area contributed by atoms with Gasteiger partial charge in [0.05, 0.1) is 24.9 Å². The zero-order chi connectivity index (χ0) is 16.2. The second-order valence-corrected chi connectivity index (χ2v) is 6.53. The van der Waals surface area contributed by atoms with Gasteiger partial charge in [-0.2, -0.15) is 5.10 Å². The number of aromatic nitrogens is 5. The van der Waals surface area contributed by atoms with Gasteiger partial charge in [-0.15, -0.1) is 11.3 Å². The van der Waals surface area contributed by atoms with Gasteiger partial charge in [0, 0.05) is 49.8 Å². The van der Waals surface area contributed by atoms with E-state index in [0.29, 0.717) is 5.82 Å². The summed E-state index contributed by atoms with van der Waals surface area (Å²) in [4.78, 5) is 15.6. The van der Waals surface area contributed by atoms with Crippen molar-refractivity contribution in [2.75, 3.05) is 19.7 Å². The molecule has 1 aliphatic heterocycles. The molecule has 0 N–H and O–H groups in total. The predicted octanol–water partition coefficient (Wildman–Crippen LogP) is 1.70. The van der Waals surface area contributed by atoms with Gasteiger partial charge < -0.3 is 4.74 Å². The van der Waals surface area contributed by atoms with E-state index in [1.54, 1.807) is 29.9 Å². The molecule has 1 atom stereocenters. The molecule has 3 aromatic rings. The van der Waals surface area contributed by atoms with E-state index in [2.05, 4.69) is 30.3 Å². The molecule has 0 spiro atoms. The molecule has 124 valence electrons. The zero-order valence-corrected chi connectivity index (χ0v) is 14.0. The maximum atomic E-state index is 5.85. The van der Waals surface area contributed by atoms with Crippen LogP contribution in [0.1, 0.15) is 5.69 Å². The van der Waals surface area contributed by atoms with E-state index in [0.717, 1.165) is 43.5 Å². The predicted molar refractivity (Wildman–Crippen MR) is 90.4 cm³/mol. The minimum Gasteiger partial charge on any atom is -0.374 e. The lowest BCUT2D eigenvalue weighted by molar-refractivity contribution is -0.0405. The Labute approximate surface area is 144 Å². The third-order valence-corrected chi connectivity index (χ3v) is 4.75. The molecule has 1 saturated heterocycles. The molecule has 7 nitrogen and oxygen atoms in total. The largest absolute Gasteiger partial charge is 0.374 e. The maximum Gasteiger partial charge on any atom is 0.188 e. The Morgan fingerprint density at radius 1 is 1.21 bits per heavy atom. The second-order valence-electron chi connectivity index (χ2n) is 5.67. The zero-order valence-electron chi connectivity index (χ0n) is 13.2. The van der Waals surface area contributed by atoms with Crippen LogP contribution in [0.25, 0.3) is 10.8 Å². The number of morpholine rings is 1. The summed E-state index contributed by atoms with van der Waals surface area (Å²) in [5.74, 6) is 0.687. The first kappa shape index (κ1) is 15.4. The Bertz CT molecular complexity index is 760. The molecule has 1 fully saturated rings. The van der Waals surface area contributed by atoms with Crippen LogP contribution in [-0.2, 0) is 17.8 Å². The lowest BCUT2D eigenvalue weighted by Gasteiger charge is -2.32. The number of ether oxygens (including phenoxy) is 1. The Morgan fingerprint density at radius 2 is 2.12 bits per heavy atom. The minimum atomic E-state index is 0.161. The lowest BCUT2D eigenvalue weighted by atomic mass is 10.2. The molecule has 0 saturated carbocycles. The molecule has 0 bridgehead atoms. The molecule has 1 aliphatic rings. The molecule has 4 heterocycles. The van der Waals surface area contributed by atoms with Crippen LogP contribution in [0.15, 0.2) is 42.3 Å². The highest BCUT2D eigenvalue weighted by Gasteiger charge is 2.22. The monoisotopic (exact) mass is 342 g/mol. The minimum absolute atomic E-state index is 0.161. The third-order valence-electron chi connectivity index (χ3n) is 3.87. The Kier molecular flexibility index (Phi) is 4.59. The molecular weight excluding hydrogens is 324 g/mol. The topological polar surface area (TPSA) is 69.0 Å². The molecule has 0 aromatic carbocycles. The SMILES string of the molecule is c1cnc(-c2nc(CN3CCO[C@@H](Cn4cccn4)C3)cs2)nc1. The van der Waals surface area contributed by atoms with Crippen LogP contribution in [-0.4, -0.2) is 55.4 Å². The maximum absolute atomic E-state index is 5.85. The van der Waals surface area contributed by atoms with Crippen molar-refractivity contribution < 1.29 is 4.74 Å². The van der Waals surface area contributed by atoms with Crippen LogP contribution in [0.3, 0.4) is 0 Å². The van der Waals surface area contributed by atoms with Gasteiger partial charge in [-0.25, -0.2) is 15.0 Å². The number of rotatable bonds is 5. The van der Waals surface area contributed by atoms with Crippen LogP contribution in [0.5, 0.6) is 0 Å². The highest BCUT2D eigenvalue weighted by molar-refractivity contribution is 7.13. The molecule has 8 heteroatoms. The highest BCUT2D eigenvalue weighted by atomic mass is 32.1. The van der Waals surface area contributed by atoms with Gasteiger partial charge >= 0.3 is 0 Å². The molecule has 0 amide bonds. The average molecular weight is 342 g/mol. The fraction of sp³-hybridized carbons (Fsp3) is 0.375. The first-order valence-electron chi connectivity index (χ1n) is 7.90. The van der Waals surface area contributed by atoms with Gasteiger partial charge in [0.2, 0.25) is 0 Å². The second kappa shape index (κ2) is 7.16. The Balaban J connectivity index is 1.37. The molecule has 0 radical (unpaired) electrons. The summed E-state index contributed by atoms with van der Waals surface area (Å²) in [6.45, 7) is 4.15. The van der Waals surface area contributed by atoms with E-state index in [4.69, 9.17) is 4.74 Å². The third kappa shape index (κ3) is 3.66. The van der Waals surface area contributed by atoms with Gasteiger partial charge in [-0.1, -0.05) is 0 Å². The summed E-state index contributed by atoms with van der Waals surface area (Å²) >= 11 is 1.59. The van der Waals surface area contributed by atoms with E-state index in [-0.39, 0.29) is 6.10 Å². The van der Waals surface area contributed by atoms with E-state index in [1.807, 2.05) is 23.0 Å².